The predicted octanol–water partition coefficient (Wildman–Crippen LogP) is 1.45. The molecule has 2 rings (SSSR count). The van der Waals surface area contributed by atoms with E-state index in [0.717, 1.165) is 25.7 Å². The molecule has 86 valence electrons. The van der Waals surface area contributed by atoms with Gasteiger partial charge in [0.05, 0.1) is 13.2 Å². The molecule has 0 aromatic heterocycles. The second kappa shape index (κ2) is 3.61. The number of esters is 1. The first-order valence-corrected chi connectivity index (χ1v) is 5.49. The van der Waals surface area contributed by atoms with Gasteiger partial charge in [-0.3, -0.25) is 0 Å². The van der Waals surface area contributed by atoms with Crippen LogP contribution in [0.5, 0.6) is 0 Å². The van der Waals surface area contributed by atoms with Crippen molar-refractivity contribution < 1.29 is 19.0 Å². The van der Waals surface area contributed by atoms with E-state index in [9.17, 15) is 4.79 Å². The number of halogens is 1. The second-order valence-corrected chi connectivity index (χ2v) is 4.58. The van der Waals surface area contributed by atoms with E-state index in [1.54, 1.807) is 7.11 Å². The topological polar surface area (TPSA) is 48.1 Å². The Kier molecular flexibility index (Phi) is 2.69. The van der Waals surface area contributed by atoms with Crippen LogP contribution in [0.25, 0.3) is 0 Å². The number of rotatable bonds is 2. The number of hydrogen-bond donors (Lipinski definition) is 0. The number of carbonyl (C=O) groups is 1. The Bertz CT molecular complexity index is 283. The van der Waals surface area contributed by atoms with Crippen LogP contribution < -0.4 is 0 Å². The molecule has 3 atom stereocenters. The van der Waals surface area contributed by atoms with Crippen LogP contribution in [-0.4, -0.2) is 37.0 Å². The summed E-state index contributed by atoms with van der Waals surface area (Å²) in [5, 5.41) is -1.32. The van der Waals surface area contributed by atoms with Gasteiger partial charge in [0.15, 0.2) is 5.60 Å². The Balaban J connectivity index is 2.18. The summed E-state index contributed by atoms with van der Waals surface area (Å²) in [6.07, 6.45) is 3.61. The number of alkyl halides is 1. The average molecular weight is 235 g/mol. The first kappa shape index (κ1) is 11.2. The quantitative estimate of drug-likeness (QED) is 0.412. The molecule has 0 N–H and O–H groups in total. The second-order valence-electron chi connectivity index (χ2n) is 4.05. The van der Waals surface area contributed by atoms with Crippen molar-refractivity contribution in [1.29, 1.82) is 0 Å². The summed E-state index contributed by atoms with van der Waals surface area (Å²) in [5.41, 5.74) is -0.658. The van der Waals surface area contributed by atoms with E-state index in [-0.39, 0.29) is 6.10 Å². The van der Waals surface area contributed by atoms with Crippen LogP contribution in [0, 0.1) is 0 Å². The predicted molar refractivity (Wildman–Crippen MR) is 53.7 cm³/mol. The van der Waals surface area contributed by atoms with Gasteiger partial charge >= 0.3 is 5.97 Å². The highest BCUT2D eigenvalue weighted by molar-refractivity contribution is 6.36. The molecule has 15 heavy (non-hydrogen) atoms. The third kappa shape index (κ3) is 1.39. The van der Waals surface area contributed by atoms with Crippen molar-refractivity contribution in [1.82, 2.24) is 0 Å². The van der Waals surface area contributed by atoms with Gasteiger partial charge in [-0.15, -0.1) is 0 Å². The number of hydrogen-bond acceptors (Lipinski definition) is 4. The van der Waals surface area contributed by atoms with Crippen LogP contribution in [0.4, 0.5) is 0 Å². The van der Waals surface area contributed by atoms with E-state index < -0.39 is 16.6 Å². The van der Waals surface area contributed by atoms with Crippen molar-refractivity contribution in [3.63, 3.8) is 0 Å². The van der Waals surface area contributed by atoms with E-state index in [4.69, 9.17) is 21.1 Å². The molecule has 1 aliphatic heterocycles. The van der Waals surface area contributed by atoms with E-state index in [0.29, 0.717) is 0 Å². The van der Waals surface area contributed by atoms with Crippen LogP contribution in [0.1, 0.15) is 25.7 Å². The lowest BCUT2D eigenvalue weighted by atomic mass is 9.83. The molecule has 4 nitrogen and oxygen atoms in total. The van der Waals surface area contributed by atoms with Gasteiger partial charge in [0.1, 0.15) is 0 Å². The molecule has 0 aromatic rings. The molecule has 1 saturated heterocycles. The van der Waals surface area contributed by atoms with Gasteiger partial charge < -0.3 is 14.2 Å². The third-order valence-electron chi connectivity index (χ3n) is 3.34. The van der Waals surface area contributed by atoms with E-state index in [2.05, 4.69) is 4.74 Å². The Morgan fingerprint density at radius 2 is 2.20 bits per heavy atom. The monoisotopic (exact) mass is 234 g/mol. The number of methoxy groups -OCH3 is 2. The van der Waals surface area contributed by atoms with Crippen molar-refractivity contribution in [2.45, 2.75) is 42.4 Å². The summed E-state index contributed by atoms with van der Waals surface area (Å²) in [7, 11) is 2.93. The van der Waals surface area contributed by atoms with Crippen LogP contribution in [-0.2, 0) is 19.0 Å². The van der Waals surface area contributed by atoms with Crippen molar-refractivity contribution in [3.8, 4) is 0 Å². The number of ether oxygens (including phenoxy) is 3. The largest absolute Gasteiger partial charge is 0.466 e. The maximum atomic E-state index is 11.5. The Morgan fingerprint density at radius 1 is 1.47 bits per heavy atom. The van der Waals surface area contributed by atoms with Crippen LogP contribution in [0.3, 0.4) is 0 Å². The highest BCUT2D eigenvalue weighted by Crippen LogP contribution is 2.60. The molecule has 3 unspecified atom stereocenters. The average Bonchev–Trinajstić information content (AvgIpc) is 2.85. The molecule has 1 heterocycles. The summed E-state index contributed by atoms with van der Waals surface area (Å²) >= 11 is 6.13. The molecule has 1 aliphatic carbocycles. The summed E-state index contributed by atoms with van der Waals surface area (Å²) < 4.78 is 15.4. The maximum absolute atomic E-state index is 11.5. The highest BCUT2D eigenvalue weighted by Gasteiger charge is 2.78. The fraction of sp³-hybridized carbons (Fsp3) is 0.900. The van der Waals surface area contributed by atoms with Gasteiger partial charge in [0.25, 0.3) is 5.06 Å². The third-order valence-corrected chi connectivity index (χ3v) is 3.89. The van der Waals surface area contributed by atoms with Crippen molar-refractivity contribution in [2.75, 3.05) is 14.2 Å². The van der Waals surface area contributed by atoms with Crippen molar-refractivity contribution >= 4 is 17.6 Å². The number of carbonyl (C=O) groups excluding carboxylic acids is 1. The summed E-state index contributed by atoms with van der Waals surface area (Å²) in [6, 6.07) is 0. The number of epoxide rings is 1. The van der Waals surface area contributed by atoms with E-state index >= 15 is 0 Å². The standard InChI is InChI=1S/C10H15ClO4/c1-13-7-5-3-4-6-9(7)10(11,15-9)8(12)14-2/h7H,3-6H2,1-2H3. The smallest absolute Gasteiger partial charge is 0.357 e. The fourth-order valence-corrected chi connectivity index (χ4v) is 2.91. The van der Waals surface area contributed by atoms with Crippen LogP contribution in [0.2, 0.25) is 0 Å². The highest BCUT2D eigenvalue weighted by atomic mass is 35.5. The Labute approximate surface area is 93.8 Å². The van der Waals surface area contributed by atoms with Gasteiger partial charge in [0, 0.05) is 7.11 Å². The molecule has 5 heteroatoms. The van der Waals surface area contributed by atoms with Gasteiger partial charge in [-0.1, -0.05) is 24.4 Å². The normalized spacial score (nSPS) is 44.1. The van der Waals surface area contributed by atoms with Crippen molar-refractivity contribution in [3.05, 3.63) is 0 Å². The zero-order valence-electron chi connectivity index (χ0n) is 8.92. The minimum Gasteiger partial charge on any atom is -0.466 e. The Morgan fingerprint density at radius 3 is 2.80 bits per heavy atom. The summed E-state index contributed by atoms with van der Waals surface area (Å²) in [6.45, 7) is 0. The molecule has 2 aliphatic rings. The minimum absolute atomic E-state index is 0.108. The zero-order chi connectivity index (χ0) is 11.1. The summed E-state index contributed by atoms with van der Waals surface area (Å²) in [4.78, 5) is 11.5. The van der Waals surface area contributed by atoms with Gasteiger partial charge in [-0.2, -0.15) is 0 Å². The maximum Gasteiger partial charge on any atom is 0.357 e. The molecule has 2 fully saturated rings. The molecule has 0 aromatic carbocycles. The lowest BCUT2D eigenvalue weighted by Crippen LogP contribution is -2.43. The minimum atomic E-state index is -1.32. The molecule has 0 bridgehead atoms. The lowest BCUT2D eigenvalue weighted by Gasteiger charge is -2.28. The van der Waals surface area contributed by atoms with Crippen LogP contribution in [0.15, 0.2) is 0 Å². The van der Waals surface area contributed by atoms with Crippen molar-refractivity contribution in [2.24, 2.45) is 0 Å². The molecular weight excluding hydrogens is 220 g/mol. The molecule has 0 amide bonds. The first-order valence-electron chi connectivity index (χ1n) is 5.11. The van der Waals surface area contributed by atoms with E-state index in [1.807, 2.05) is 0 Å². The van der Waals surface area contributed by atoms with Crippen LogP contribution >= 0.6 is 11.6 Å². The van der Waals surface area contributed by atoms with E-state index in [1.165, 1.54) is 7.11 Å². The lowest BCUT2D eigenvalue weighted by molar-refractivity contribution is -0.143. The first-order chi connectivity index (χ1) is 7.10. The van der Waals surface area contributed by atoms with Gasteiger partial charge in [-0.25, -0.2) is 4.79 Å². The Hall–Kier alpha value is -0.320. The molecule has 1 saturated carbocycles. The molecular formula is C10H15ClO4. The summed E-state index contributed by atoms with van der Waals surface area (Å²) in [5.74, 6) is -0.520. The zero-order valence-corrected chi connectivity index (χ0v) is 9.67. The molecule has 1 spiro atoms. The van der Waals surface area contributed by atoms with Gasteiger partial charge in [-0.05, 0) is 12.8 Å². The SMILES string of the molecule is COC(=O)C1(Cl)OC12CCCCC2OC. The fourth-order valence-electron chi connectivity index (χ4n) is 2.48. The van der Waals surface area contributed by atoms with Gasteiger partial charge in [0.2, 0.25) is 0 Å². The molecule has 0 radical (unpaired) electrons.